The van der Waals surface area contributed by atoms with Crippen molar-refractivity contribution in [1.82, 2.24) is 0 Å². The fraction of sp³-hybridized carbons (Fsp3) is 0. The number of rotatable bonds is 3. The minimum Gasteiger partial charge on any atom is -0.477 e. The molecule has 1 aromatic carbocycles. The van der Waals surface area contributed by atoms with Gasteiger partial charge >= 0.3 is 5.97 Å². The summed E-state index contributed by atoms with van der Waals surface area (Å²) in [6, 6.07) is 2.94. The number of aromatic carboxylic acids is 1. The highest BCUT2D eigenvalue weighted by molar-refractivity contribution is 5.97. The molecule has 0 aliphatic rings. The molecule has 8 heteroatoms. The van der Waals surface area contributed by atoms with Crippen molar-refractivity contribution in [3.63, 3.8) is 0 Å². The van der Waals surface area contributed by atoms with Gasteiger partial charge in [0.2, 0.25) is 5.91 Å². The first kappa shape index (κ1) is 13.8. The Bertz CT molecular complexity index is 460. The Labute approximate surface area is 95.4 Å². The topological polar surface area (TPSA) is 124 Å². The van der Waals surface area contributed by atoms with Crippen LogP contribution in [0.1, 0.15) is 20.7 Å². The Morgan fingerprint density at radius 1 is 1.38 bits per heavy atom. The van der Waals surface area contributed by atoms with Crippen molar-refractivity contribution in [2.24, 2.45) is 5.73 Å². The van der Waals surface area contributed by atoms with Gasteiger partial charge in [-0.2, -0.15) is 0 Å². The summed E-state index contributed by atoms with van der Waals surface area (Å²) in [5.74, 6) is -2.28. The number of nitro benzene ring substituents is 1. The first-order valence-corrected chi connectivity index (χ1v) is 3.75. The van der Waals surface area contributed by atoms with Gasteiger partial charge in [-0.15, -0.1) is 12.4 Å². The molecule has 0 aliphatic carbocycles. The number of carbonyl (C=O) groups is 2. The SMILES string of the molecule is Cl.NC(=O)c1ccc(C(=O)O)c([N+](=O)[O-])c1. The van der Waals surface area contributed by atoms with E-state index in [9.17, 15) is 19.7 Å². The number of halogens is 1. The highest BCUT2D eigenvalue weighted by Crippen LogP contribution is 2.20. The molecule has 0 atom stereocenters. The predicted molar refractivity (Wildman–Crippen MR) is 55.8 cm³/mol. The van der Waals surface area contributed by atoms with Crippen LogP contribution >= 0.6 is 12.4 Å². The van der Waals surface area contributed by atoms with Crippen molar-refractivity contribution in [2.75, 3.05) is 0 Å². The van der Waals surface area contributed by atoms with Crippen molar-refractivity contribution in [3.05, 3.63) is 39.4 Å². The molecule has 0 bridgehead atoms. The van der Waals surface area contributed by atoms with E-state index in [1.54, 1.807) is 0 Å². The first-order valence-electron chi connectivity index (χ1n) is 3.75. The lowest BCUT2D eigenvalue weighted by Gasteiger charge is -1.99. The molecular weight excluding hydrogens is 240 g/mol. The second kappa shape index (κ2) is 5.08. The van der Waals surface area contributed by atoms with E-state index in [0.29, 0.717) is 0 Å². The van der Waals surface area contributed by atoms with Crippen LogP contribution in [-0.4, -0.2) is 21.9 Å². The first-order chi connectivity index (χ1) is 6.93. The van der Waals surface area contributed by atoms with Crippen molar-refractivity contribution in [3.8, 4) is 0 Å². The highest BCUT2D eigenvalue weighted by Gasteiger charge is 2.20. The standard InChI is InChI=1S/C8H6N2O5.ClH/c9-7(11)4-1-2-5(8(12)13)6(3-4)10(14)15;/h1-3H,(H2,9,11)(H,12,13);1H. The number of nitrogens with two attached hydrogens (primary N) is 1. The molecule has 0 unspecified atom stereocenters. The van der Waals surface area contributed by atoms with E-state index in [2.05, 4.69) is 0 Å². The second-order valence-electron chi connectivity index (χ2n) is 2.66. The van der Waals surface area contributed by atoms with Crippen LogP contribution in [0.4, 0.5) is 5.69 Å². The summed E-state index contributed by atoms with van der Waals surface area (Å²) in [6.45, 7) is 0. The van der Waals surface area contributed by atoms with Gasteiger partial charge in [0.05, 0.1) is 4.92 Å². The number of primary amides is 1. The molecular formula is C8H7ClN2O5. The molecule has 0 fully saturated rings. The summed E-state index contributed by atoms with van der Waals surface area (Å²) in [5, 5.41) is 19.1. The van der Waals surface area contributed by atoms with Crippen LogP contribution in [0.3, 0.4) is 0 Å². The van der Waals surface area contributed by atoms with Crippen LogP contribution in [-0.2, 0) is 0 Å². The fourth-order valence-electron chi connectivity index (χ4n) is 1.02. The number of carboxylic acids is 1. The number of nitro groups is 1. The van der Waals surface area contributed by atoms with Gasteiger partial charge < -0.3 is 10.8 Å². The Morgan fingerprint density at radius 3 is 2.31 bits per heavy atom. The molecule has 0 heterocycles. The summed E-state index contributed by atoms with van der Waals surface area (Å²) in [5.41, 5.74) is 3.66. The Kier molecular flexibility index (Phi) is 4.40. The van der Waals surface area contributed by atoms with Crippen LogP contribution in [0.2, 0.25) is 0 Å². The molecule has 1 aromatic rings. The third kappa shape index (κ3) is 2.67. The molecule has 3 N–H and O–H groups in total. The van der Waals surface area contributed by atoms with E-state index in [1.807, 2.05) is 0 Å². The van der Waals surface area contributed by atoms with E-state index in [-0.39, 0.29) is 18.0 Å². The number of nitrogens with zero attached hydrogens (tertiary/aromatic N) is 1. The lowest BCUT2D eigenvalue weighted by atomic mass is 10.1. The third-order valence-electron chi connectivity index (χ3n) is 1.71. The van der Waals surface area contributed by atoms with Crippen LogP contribution in [0.15, 0.2) is 18.2 Å². The smallest absolute Gasteiger partial charge is 0.342 e. The molecule has 0 aliphatic heterocycles. The average molecular weight is 247 g/mol. The molecule has 0 saturated carbocycles. The second-order valence-corrected chi connectivity index (χ2v) is 2.66. The minimum absolute atomic E-state index is 0. The molecule has 1 rings (SSSR count). The van der Waals surface area contributed by atoms with Crippen LogP contribution in [0.5, 0.6) is 0 Å². The van der Waals surface area contributed by atoms with Gasteiger partial charge in [0.25, 0.3) is 5.69 Å². The zero-order valence-corrected chi connectivity index (χ0v) is 8.56. The van der Waals surface area contributed by atoms with E-state index in [0.717, 1.165) is 18.2 Å². The number of benzene rings is 1. The molecule has 1 amide bonds. The lowest BCUT2D eigenvalue weighted by molar-refractivity contribution is -0.385. The van der Waals surface area contributed by atoms with Crippen LogP contribution in [0, 0.1) is 10.1 Å². The largest absolute Gasteiger partial charge is 0.477 e. The molecule has 0 radical (unpaired) electrons. The van der Waals surface area contributed by atoms with Crippen molar-refractivity contribution in [1.29, 1.82) is 0 Å². The van der Waals surface area contributed by atoms with Gasteiger partial charge in [-0.25, -0.2) is 4.79 Å². The number of hydrogen-bond acceptors (Lipinski definition) is 4. The predicted octanol–water partition coefficient (Wildman–Crippen LogP) is 0.814. The highest BCUT2D eigenvalue weighted by atomic mass is 35.5. The molecule has 0 spiro atoms. The zero-order valence-electron chi connectivity index (χ0n) is 7.75. The number of hydrogen-bond donors (Lipinski definition) is 2. The summed E-state index contributed by atoms with van der Waals surface area (Å²) >= 11 is 0. The van der Waals surface area contributed by atoms with Gasteiger partial charge in [-0.1, -0.05) is 0 Å². The van der Waals surface area contributed by atoms with Crippen molar-refractivity contribution in [2.45, 2.75) is 0 Å². The Morgan fingerprint density at radius 2 is 1.94 bits per heavy atom. The van der Waals surface area contributed by atoms with Gasteiger partial charge in [0, 0.05) is 11.6 Å². The molecule has 86 valence electrons. The quantitative estimate of drug-likeness (QED) is 0.603. The third-order valence-corrected chi connectivity index (χ3v) is 1.71. The lowest BCUT2D eigenvalue weighted by Crippen LogP contribution is -2.12. The number of amides is 1. The maximum absolute atomic E-state index is 10.7. The fourth-order valence-corrected chi connectivity index (χ4v) is 1.02. The van der Waals surface area contributed by atoms with E-state index in [4.69, 9.17) is 10.8 Å². The van der Waals surface area contributed by atoms with Crippen LogP contribution in [0.25, 0.3) is 0 Å². The maximum atomic E-state index is 10.7. The number of carbonyl (C=O) groups excluding carboxylic acids is 1. The van der Waals surface area contributed by atoms with E-state index >= 15 is 0 Å². The minimum atomic E-state index is -1.43. The normalized spacial score (nSPS) is 9.00. The zero-order chi connectivity index (χ0) is 11.6. The van der Waals surface area contributed by atoms with Gasteiger partial charge in [-0.05, 0) is 12.1 Å². The number of carboxylic acid groups (broad SMARTS) is 1. The molecule has 7 nitrogen and oxygen atoms in total. The summed E-state index contributed by atoms with van der Waals surface area (Å²) < 4.78 is 0. The molecule has 0 saturated heterocycles. The van der Waals surface area contributed by atoms with Gasteiger partial charge in [-0.3, -0.25) is 14.9 Å². The van der Waals surface area contributed by atoms with Crippen molar-refractivity contribution < 1.29 is 19.6 Å². The van der Waals surface area contributed by atoms with E-state index < -0.39 is 28.1 Å². The Balaban J connectivity index is 0.00000225. The average Bonchev–Trinajstić information content (AvgIpc) is 2.16. The van der Waals surface area contributed by atoms with Crippen LogP contribution < -0.4 is 5.73 Å². The van der Waals surface area contributed by atoms with Crippen molar-refractivity contribution >= 4 is 30.0 Å². The maximum Gasteiger partial charge on any atom is 0.342 e. The Hall–Kier alpha value is -2.15. The molecule has 16 heavy (non-hydrogen) atoms. The molecule has 0 aromatic heterocycles. The summed E-state index contributed by atoms with van der Waals surface area (Å²) in [4.78, 5) is 30.9. The summed E-state index contributed by atoms with van der Waals surface area (Å²) in [7, 11) is 0. The van der Waals surface area contributed by atoms with E-state index in [1.165, 1.54) is 0 Å². The monoisotopic (exact) mass is 246 g/mol. The van der Waals surface area contributed by atoms with Gasteiger partial charge in [0.15, 0.2) is 0 Å². The summed E-state index contributed by atoms with van der Waals surface area (Å²) in [6.07, 6.45) is 0. The van der Waals surface area contributed by atoms with Gasteiger partial charge in [0.1, 0.15) is 5.56 Å².